The lowest BCUT2D eigenvalue weighted by atomic mass is 9.87. The molecule has 2 unspecified atom stereocenters. The number of carbonyl (C=O) groups excluding carboxylic acids is 1. The number of carboxylic acids is 1. The van der Waals surface area contributed by atoms with Crippen LogP contribution in [0.1, 0.15) is 25.5 Å². The zero-order valence-corrected chi connectivity index (χ0v) is 11.0. The predicted molar refractivity (Wildman–Crippen MR) is 67.4 cm³/mol. The Morgan fingerprint density at radius 2 is 2.21 bits per heavy atom. The first-order valence-corrected chi connectivity index (χ1v) is 6.26. The number of amides is 2. The van der Waals surface area contributed by atoms with Crippen molar-refractivity contribution in [2.24, 2.45) is 11.8 Å². The maximum Gasteiger partial charge on any atom is 0.317 e. The lowest BCUT2D eigenvalue weighted by Crippen LogP contribution is -2.56. The minimum absolute atomic E-state index is 0.0486. The van der Waals surface area contributed by atoms with Gasteiger partial charge in [-0.15, -0.1) is 0 Å². The highest BCUT2D eigenvalue weighted by Crippen LogP contribution is 2.24. The lowest BCUT2D eigenvalue weighted by Gasteiger charge is -2.41. The molecule has 2 heterocycles. The molecule has 0 bridgehead atoms. The van der Waals surface area contributed by atoms with Gasteiger partial charge in [-0.3, -0.25) is 9.89 Å². The molecule has 0 radical (unpaired) electrons. The van der Waals surface area contributed by atoms with Crippen LogP contribution in [-0.4, -0.2) is 45.3 Å². The molecule has 104 valence electrons. The van der Waals surface area contributed by atoms with Gasteiger partial charge in [-0.1, -0.05) is 6.92 Å². The number of urea groups is 1. The van der Waals surface area contributed by atoms with Crippen molar-refractivity contribution in [1.29, 1.82) is 0 Å². The van der Waals surface area contributed by atoms with Gasteiger partial charge in [0.05, 0.1) is 18.2 Å². The van der Waals surface area contributed by atoms with E-state index in [1.54, 1.807) is 24.2 Å². The minimum atomic E-state index is -0.808. The van der Waals surface area contributed by atoms with Crippen molar-refractivity contribution in [3.05, 3.63) is 18.0 Å². The molecule has 2 amide bonds. The molecule has 1 aromatic rings. The number of likely N-dealkylation sites (tertiary alicyclic amines) is 1. The van der Waals surface area contributed by atoms with Crippen molar-refractivity contribution in [1.82, 2.24) is 20.4 Å². The van der Waals surface area contributed by atoms with E-state index in [0.717, 1.165) is 5.56 Å². The number of nitrogens with one attached hydrogen (secondary N) is 2. The summed E-state index contributed by atoms with van der Waals surface area (Å²) in [5.74, 6) is -1.17. The third-order valence-electron chi connectivity index (χ3n) is 3.65. The second-order valence-corrected chi connectivity index (χ2v) is 4.99. The maximum atomic E-state index is 11.9. The van der Waals surface area contributed by atoms with E-state index in [0.29, 0.717) is 13.1 Å². The number of H-pyrrole nitrogens is 1. The van der Waals surface area contributed by atoms with Crippen LogP contribution in [0.5, 0.6) is 0 Å². The molecule has 0 spiro atoms. The Labute approximate surface area is 111 Å². The second-order valence-electron chi connectivity index (χ2n) is 4.99. The normalized spacial score (nSPS) is 18.5. The van der Waals surface area contributed by atoms with Gasteiger partial charge in [0.15, 0.2) is 0 Å². The summed E-state index contributed by atoms with van der Waals surface area (Å²) in [6.45, 7) is 4.55. The van der Waals surface area contributed by atoms with Crippen molar-refractivity contribution >= 4 is 12.0 Å². The Bertz CT molecular complexity index is 454. The standard InChI is InChI=1S/C12H18N4O3/c1-7(11(17)18)10-5-16(6-10)12(19)15-8(2)9-3-13-14-4-9/h3-4,7-8,10H,5-6H2,1-2H3,(H,13,14)(H,15,19)(H,17,18). The molecule has 2 atom stereocenters. The highest BCUT2D eigenvalue weighted by atomic mass is 16.4. The van der Waals surface area contributed by atoms with Crippen LogP contribution in [0.4, 0.5) is 4.79 Å². The molecule has 0 aliphatic carbocycles. The Hall–Kier alpha value is -2.05. The zero-order valence-electron chi connectivity index (χ0n) is 11.0. The summed E-state index contributed by atoms with van der Waals surface area (Å²) < 4.78 is 0. The SMILES string of the molecule is CC(NC(=O)N1CC(C(C)C(=O)O)C1)c1cn[nH]c1. The van der Waals surface area contributed by atoms with E-state index in [4.69, 9.17) is 5.11 Å². The van der Waals surface area contributed by atoms with Gasteiger partial charge in [0.25, 0.3) is 0 Å². The molecule has 1 aromatic heterocycles. The number of hydrogen-bond acceptors (Lipinski definition) is 3. The third kappa shape index (κ3) is 2.86. The van der Waals surface area contributed by atoms with Crippen LogP contribution in [0, 0.1) is 11.8 Å². The molecule has 1 aliphatic heterocycles. The molecular weight excluding hydrogens is 248 g/mol. The van der Waals surface area contributed by atoms with E-state index in [1.165, 1.54) is 0 Å². The molecule has 7 heteroatoms. The highest BCUT2D eigenvalue weighted by Gasteiger charge is 2.37. The summed E-state index contributed by atoms with van der Waals surface area (Å²) in [4.78, 5) is 24.3. The highest BCUT2D eigenvalue weighted by molar-refractivity contribution is 5.76. The van der Waals surface area contributed by atoms with E-state index in [1.807, 2.05) is 6.92 Å². The molecule has 1 aliphatic rings. The quantitative estimate of drug-likeness (QED) is 0.751. The van der Waals surface area contributed by atoms with Crippen molar-refractivity contribution in [3.8, 4) is 0 Å². The monoisotopic (exact) mass is 266 g/mol. The Morgan fingerprint density at radius 1 is 1.53 bits per heavy atom. The van der Waals surface area contributed by atoms with Crippen LogP contribution in [-0.2, 0) is 4.79 Å². The number of hydrogen-bond donors (Lipinski definition) is 3. The van der Waals surface area contributed by atoms with Crippen molar-refractivity contribution in [2.45, 2.75) is 19.9 Å². The van der Waals surface area contributed by atoms with Crippen LogP contribution < -0.4 is 5.32 Å². The van der Waals surface area contributed by atoms with Gasteiger partial charge in [0.1, 0.15) is 0 Å². The first kappa shape index (κ1) is 13.4. The Morgan fingerprint density at radius 3 is 2.74 bits per heavy atom. The summed E-state index contributed by atoms with van der Waals surface area (Å²) in [5.41, 5.74) is 0.907. The fourth-order valence-corrected chi connectivity index (χ4v) is 2.05. The van der Waals surface area contributed by atoms with Crippen molar-refractivity contribution < 1.29 is 14.7 Å². The topological polar surface area (TPSA) is 98.3 Å². The maximum absolute atomic E-state index is 11.9. The third-order valence-corrected chi connectivity index (χ3v) is 3.65. The molecule has 1 fully saturated rings. The lowest BCUT2D eigenvalue weighted by molar-refractivity contribution is -0.144. The molecule has 7 nitrogen and oxygen atoms in total. The summed E-state index contributed by atoms with van der Waals surface area (Å²) in [7, 11) is 0. The Kier molecular flexibility index (Phi) is 3.73. The van der Waals surface area contributed by atoms with Gasteiger partial charge in [-0.25, -0.2) is 4.79 Å². The van der Waals surface area contributed by atoms with Crippen molar-refractivity contribution in [2.75, 3.05) is 13.1 Å². The summed E-state index contributed by atoms with van der Waals surface area (Å²) in [5, 5.41) is 18.3. The van der Waals surface area contributed by atoms with Gasteiger partial charge < -0.3 is 15.3 Å². The fraction of sp³-hybridized carbons (Fsp3) is 0.583. The fourth-order valence-electron chi connectivity index (χ4n) is 2.05. The molecule has 3 N–H and O–H groups in total. The number of aliphatic carboxylic acids is 1. The summed E-state index contributed by atoms with van der Waals surface area (Å²) in [6, 6.07) is -0.287. The molecule has 0 saturated carbocycles. The summed E-state index contributed by atoms with van der Waals surface area (Å²) in [6.07, 6.45) is 3.40. The molecule has 0 aromatic carbocycles. The zero-order chi connectivity index (χ0) is 14.0. The van der Waals surface area contributed by atoms with E-state index in [-0.39, 0.29) is 18.0 Å². The molecule has 1 saturated heterocycles. The number of carbonyl (C=O) groups is 2. The first-order chi connectivity index (χ1) is 8.99. The smallest absolute Gasteiger partial charge is 0.317 e. The number of nitrogens with zero attached hydrogens (tertiary/aromatic N) is 2. The number of carboxylic acid groups (broad SMARTS) is 1. The summed E-state index contributed by atoms with van der Waals surface area (Å²) >= 11 is 0. The van der Waals surface area contributed by atoms with Gasteiger partial charge in [-0.05, 0) is 6.92 Å². The van der Waals surface area contributed by atoms with E-state index < -0.39 is 11.9 Å². The van der Waals surface area contributed by atoms with Gasteiger partial charge >= 0.3 is 12.0 Å². The van der Waals surface area contributed by atoms with E-state index >= 15 is 0 Å². The van der Waals surface area contributed by atoms with Crippen LogP contribution in [0.15, 0.2) is 12.4 Å². The van der Waals surface area contributed by atoms with Crippen molar-refractivity contribution in [3.63, 3.8) is 0 Å². The number of aromatic amines is 1. The van der Waals surface area contributed by atoms with Crippen LogP contribution >= 0.6 is 0 Å². The van der Waals surface area contributed by atoms with Gasteiger partial charge in [-0.2, -0.15) is 5.10 Å². The van der Waals surface area contributed by atoms with Crippen LogP contribution in [0.2, 0.25) is 0 Å². The van der Waals surface area contributed by atoms with Crippen LogP contribution in [0.25, 0.3) is 0 Å². The molecule has 19 heavy (non-hydrogen) atoms. The van der Waals surface area contributed by atoms with Crippen LogP contribution in [0.3, 0.4) is 0 Å². The van der Waals surface area contributed by atoms with E-state index in [2.05, 4.69) is 15.5 Å². The predicted octanol–water partition coefficient (Wildman–Crippen LogP) is 0.833. The second kappa shape index (κ2) is 5.29. The average Bonchev–Trinajstić information content (AvgIpc) is 2.79. The van der Waals surface area contributed by atoms with Gasteiger partial charge in [0, 0.05) is 30.8 Å². The molecule has 2 rings (SSSR count). The minimum Gasteiger partial charge on any atom is -0.481 e. The number of rotatable bonds is 4. The van der Waals surface area contributed by atoms with Gasteiger partial charge in [0.2, 0.25) is 0 Å². The average molecular weight is 266 g/mol. The van der Waals surface area contributed by atoms with E-state index in [9.17, 15) is 9.59 Å². The Balaban J connectivity index is 1.79. The largest absolute Gasteiger partial charge is 0.481 e. The number of aromatic nitrogens is 2. The molecular formula is C12H18N4O3. The first-order valence-electron chi connectivity index (χ1n) is 6.26.